The number of nitrogens with one attached hydrogen (secondary N) is 2. The van der Waals surface area contributed by atoms with Crippen molar-refractivity contribution >= 4 is 22.8 Å². The molecule has 0 bridgehead atoms. The molecule has 26 heavy (non-hydrogen) atoms. The van der Waals surface area contributed by atoms with Gasteiger partial charge < -0.3 is 10.1 Å². The molecule has 1 saturated heterocycles. The van der Waals surface area contributed by atoms with E-state index in [0.29, 0.717) is 35.2 Å². The van der Waals surface area contributed by atoms with Crippen LogP contribution in [0, 0.1) is 12.7 Å². The number of hydrogen-bond donors (Lipinski definition) is 2. The molecule has 1 aliphatic heterocycles. The Morgan fingerprint density at radius 1 is 1.35 bits per heavy atom. The topological polar surface area (TPSA) is 84.1 Å². The first-order chi connectivity index (χ1) is 12.5. The average Bonchev–Trinajstić information content (AvgIpc) is 3.20. The molecule has 2 heterocycles. The number of aromatic nitrogens is 2. The second kappa shape index (κ2) is 6.25. The van der Waals surface area contributed by atoms with Crippen LogP contribution in [0.15, 0.2) is 36.4 Å². The van der Waals surface area contributed by atoms with Gasteiger partial charge in [-0.1, -0.05) is 12.1 Å². The van der Waals surface area contributed by atoms with E-state index in [-0.39, 0.29) is 11.7 Å². The Morgan fingerprint density at radius 3 is 2.92 bits per heavy atom. The molecule has 1 aromatic heterocycles. The summed E-state index contributed by atoms with van der Waals surface area (Å²) in [5.41, 5.74) is 3.12. The molecule has 1 fully saturated rings. The predicted octanol–water partition coefficient (Wildman–Crippen LogP) is 2.72. The molecule has 0 unspecified atom stereocenters. The fourth-order valence-corrected chi connectivity index (χ4v) is 3.14. The number of halogens is 1. The summed E-state index contributed by atoms with van der Waals surface area (Å²) in [6.45, 7) is 2.12. The molecular formula is C19H16FN3O3. The third kappa shape index (κ3) is 2.81. The number of carbonyl (C=O) groups excluding carboxylic acids is 2. The van der Waals surface area contributed by atoms with Crippen molar-refractivity contribution in [2.75, 3.05) is 6.61 Å². The highest BCUT2D eigenvalue weighted by Gasteiger charge is 2.28. The minimum atomic E-state index is -0.621. The van der Waals surface area contributed by atoms with Gasteiger partial charge in [-0.05, 0) is 36.8 Å². The summed E-state index contributed by atoms with van der Waals surface area (Å²) < 4.78 is 18.4. The van der Waals surface area contributed by atoms with Gasteiger partial charge in [-0.25, -0.2) is 9.18 Å². The van der Waals surface area contributed by atoms with Gasteiger partial charge in [-0.2, -0.15) is 5.10 Å². The molecule has 0 spiro atoms. The molecule has 2 N–H and O–H groups in total. The maximum atomic E-state index is 13.5. The molecule has 3 aromatic rings. The zero-order valence-electron chi connectivity index (χ0n) is 14.0. The summed E-state index contributed by atoms with van der Waals surface area (Å²) in [4.78, 5) is 24.2. The lowest BCUT2D eigenvalue weighted by Crippen LogP contribution is -2.38. The number of aryl methyl sites for hydroxylation is 1. The summed E-state index contributed by atoms with van der Waals surface area (Å²) in [5, 5.41) is 10.6. The van der Waals surface area contributed by atoms with Gasteiger partial charge in [0.2, 0.25) is 0 Å². The number of ether oxygens (including phenoxy) is 1. The van der Waals surface area contributed by atoms with Crippen LogP contribution in [0.3, 0.4) is 0 Å². The van der Waals surface area contributed by atoms with Gasteiger partial charge >= 0.3 is 5.97 Å². The van der Waals surface area contributed by atoms with E-state index in [9.17, 15) is 14.0 Å². The van der Waals surface area contributed by atoms with E-state index < -0.39 is 12.0 Å². The van der Waals surface area contributed by atoms with Crippen LogP contribution in [-0.4, -0.2) is 34.7 Å². The second-order valence-corrected chi connectivity index (χ2v) is 6.28. The number of carbonyl (C=O) groups is 2. The number of nitrogens with zero attached hydrogens (tertiary/aromatic N) is 1. The van der Waals surface area contributed by atoms with Gasteiger partial charge in [-0.3, -0.25) is 9.89 Å². The Labute approximate surface area is 148 Å². The minimum Gasteiger partial charge on any atom is -0.464 e. The highest BCUT2D eigenvalue weighted by Crippen LogP contribution is 2.29. The Kier molecular flexibility index (Phi) is 3.91. The number of H-pyrrole nitrogens is 1. The van der Waals surface area contributed by atoms with E-state index in [4.69, 9.17) is 4.74 Å². The fourth-order valence-electron chi connectivity index (χ4n) is 3.14. The van der Waals surface area contributed by atoms with E-state index in [1.807, 2.05) is 13.0 Å². The molecule has 6 nitrogen and oxygen atoms in total. The second-order valence-electron chi connectivity index (χ2n) is 6.28. The third-order valence-electron chi connectivity index (χ3n) is 4.49. The third-order valence-corrected chi connectivity index (χ3v) is 4.49. The summed E-state index contributed by atoms with van der Waals surface area (Å²) in [5.74, 6) is -1.12. The maximum absolute atomic E-state index is 13.5. The van der Waals surface area contributed by atoms with Gasteiger partial charge in [-0.15, -0.1) is 0 Å². The lowest BCUT2D eigenvalue weighted by Gasteiger charge is -2.11. The number of hydrogen-bond acceptors (Lipinski definition) is 4. The van der Waals surface area contributed by atoms with Crippen molar-refractivity contribution in [1.82, 2.24) is 15.5 Å². The Balaban J connectivity index is 1.74. The molecule has 132 valence electrons. The van der Waals surface area contributed by atoms with Crippen LogP contribution in [0.25, 0.3) is 22.2 Å². The number of rotatable bonds is 3. The van der Waals surface area contributed by atoms with Crippen LogP contribution in [0.1, 0.15) is 22.3 Å². The average molecular weight is 353 g/mol. The van der Waals surface area contributed by atoms with Crippen LogP contribution >= 0.6 is 0 Å². The van der Waals surface area contributed by atoms with E-state index >= 15 is 0 Å². The van der Waals surface area contributed by atoms with Crippen molar-refractivity contribution in [1.29, 1.82) is 0 Å². The van der Waals surface area contributed by atoms with Crippen LogP contribution in [0.5, 0.6) is 0 Å². The van der Waals surface area contributed by atoms with Gasteiger partial charge in [0.1, 0.15) is 17.6 Å². The fraction of sp³-hybridized carbons (Fsp3) is 0.211. The number of fused-ring (bicyclic) bond motifs is 1. The lowest BCUT2D eigenvalue weighted by atomic mass is 10.0. The normalized spacial score (nSPS) is 16.7. The van der Waals surface area contributed by atoms with Crippen LogP contribution < -0.4 is 5.32 Å². The SMILES string of the molecule is Cc1cc2[nH]nc(-c3cccc(F)c3)c2cc1C(=O)N[C@@H]1CCOC1=O. The summed E-state index contributed by atoms with van der Waals surface area (Å²) in [6.07, 6.45) is 0.464. The molecular weight excluding hydrogens is 337 g/mol. The van der Waals surface area contributed by atoms with E-state index in [1.165, 1.54) is 12.1 Å². The van der Waals surface area contributed by atoms with Gasteiger partial charge in [0, 0.05) is 22.9 Å². The number of benzene rings is 2. The number of amides is 1. The molecule has 2 aromatic carbocycles. The van der Waals surface area contributed by atoms with E-state index in [2.05, 4.69) is 15.5 Å². The van der Waals surface area contributed by atoms with Crippen LogP contribution in [0.2, 0.25) is 0 Å². The van der Waals surface area contributed by atoms with Crippen LogP contribution in [0.4, 0.5) is 4.39 Å². The van der Waals surface area contributed by atoms with Gasteiger partial charge in [0.25, 0.3) is 5.91 Å². The number of aromatic amines is 1. The van der Waals surface area contributed by atoms with Crippen LogP contribution in [-0.2, 0) is 9.53 Å². The van der Waals surface area contributed by atoms with E-state index in [0.717, 1.165) is 11.1 Å². The summed E-state index contributed by atoms with van der Waals surface area (Å²) >= 11 is 0. The van der Waals surface area contributed by atoms with Crippen molar-refractivity contribution in [2.45, 2.75) is 19.4 Å². The van der Waals surface area contributed by atoms with Crippen molar-refractivity contribution in [3.8, 4) is 11.3 Å². The largest absolute Gasteiger partial charge is 0.464 e. The maximum Gasteiger partial charge on any atom is 0.328 e. The first kappa shape index (κ1) is 16.3. The molecule has 4 rings (SSSR count). The first-order valence-electron chi connectivity index (χ1n) is 8.25. The minimum absolute atomic E-state index is 0.313. The molecule has 0 saturated carbocycles. The summed E-state index contributed by atoms with van der Waals surface area (Å²) in [6, 6.07) is 9.03. The molecule has 1 atom stereocenters. The molecule has 0 aliphatic carbocycles. The molecule has 0 radical (unpaired) electrons. The Bertz CT molecular complexity index is 1030. The highest BCUT2D eigenvalue weighted by molar-refractivity contribution is 6.04. The molecule has 1 amide bonds. The van der Waals surface area contributed by atoms with E-state index in [1.54, 1.807) is 18.2 Å². The molecule has 7 heteroatoms. The first-order valence-corrected chi connectivity index (χ1v) is 8.25. The number of cyclic esters (lactones) is 1. The van der Waals surface area contributed by atoms with Gasteiger partial charge in [0.05, 0.1) is 12.1 Å². The predicted molar refractivity (Wildman–Crippen MR) is 93.1 cm³/mol. The van der Waals surface area contributed by atoms with Crippen molar-refractivity contribution in [2.24, 2.45) is 0 Å². The standard InChI is InChI=1S/C19H16FN3O3/c1-10-7-16-14(17(23-22-16)11-3-2-4-12(20)8-11)9-13(10)18(24)21-15-5-6-26-19(15)25/h2-4,7-9,15H,5-6H2,1H3,(H,21,24)(H,22,23)/t15-/m1/s1. The van der Waals surface area contributed by atoms with Gasteiger partial charge in [0.15, 0.2) is 0 Å². The molecule has 1 aliphatic rings. The zero-order chi connectivity index (χ0) is 18.3. The zero-order valence-corrected chi connectivity index (χ0v) is 14.0. The lowest BCUT2D eigenvalue weighted by molar-refractivity contribution is -0.139. The van der Waals surface area contributed by atoms with Crippen molar-refractivity contribution < 1.29 is 18.7 Å². The smallest absolute Gasteiger partial charge is 0.328 e. The summed E-state index contributed by atoms with van der Waals surface area (Å²) in [7, 11) is 0. The Morgan fingerprint density at radius 2 is 2.19 bits per heavy atom. The van der Waals surface area contributed by atoms with Crippen molar-refractivity contribution in [3.05, 3.63) is 53.3 Å². The quantitative estimate of drug-likeness (QED) is 0.709. The number of esters is 1. The Hall–Kier alpha value is -3.22. The van der Waals surface area contributed by atoms with Crippen molar-refractivity contribution in [3.63, 3.8) is 0 Å². The monoisotopic (exact) mass is 353 g/mol. The highest BCUT2D eigenvalue weighted by atomic mass is 19.1.